The molecule has 0 aliphatic carbocycles. The van der Waals surface area contributed by atoms with E-state index in [2.05, 4.69) is 10.3 Å². The number of hydrogen-bond donors (Lipinski definition) is 1. The zero-order chi connectivity index (χ0) is 14.7. The van der Waals surface area contributed by atoms with E-state index in [4.69, 9.17) is 9.47 Å². The van der Waals surface area contributed by atoms with Crippen LogP contribution in [-0.4, -0.2) is 35.3 Å². The van der Waals surface area contributed by atoms with Crippen molar-refractivity contribution < 1.29 is 14.4 Å². The van der Waals surface area contributed by atoms with E-state index in [1.54, 1.807) is 7.05 Å². The predicted octanol–water partition coefficient (Wildman–Crippen LogP) is 2.37. The van der Waals surface area contributed by atoms with Crippen LogP contribution in [0.5, 0.6) is 5.88 Å². The van der Waals surface area contributed by atoms with Crippen molar-refractivity contribution >= 4 is 11.5 Å². The average Bonchev–Trinajstić information content (AvgIpc) is 2.36. The first-order chi connectivity index (χ1) is 9.47. The van der Waals surface area contributed by atoms with Gasteiger partial charge in [-0.2, -0.15) is 4.98 Å². The van der Waals surface area contributed by atoms with Crippen LogP contribution in [0, 0.1) is 10.1 Å². The van der Waals surface area contributed by atoms with Gasteiger partial charge in [-0.05, 0) is 13.8 Å². The van der Waals surface area contributed by atoms with Crippen molar-refractivity contribution in [1.29, 1.82) is 0 Å². The van der Waals surface area contributed by atoms with Crippen molar-refractivity contribution in [2.24, 2.45) is 0 Å². The van der Waals surface area contributed by atoms with Crippen molar-refractivity contribution in [1.82, 2.24) is 4.98 Å². The summed E-state index contributed by atoms with van der Waals surface area (Å²) in [5.41, 5.74) is -0.0347. The van der Waals surface area contributed by atoms with Gasteiger partial charge in [-0.15, -0.1) is 0 Å². The third-order valence-corrected chi connectivity index (χ3v) is 3.20. The van der Waals surface area contributed by atoms with Crippen molar-refractivity contribution in [2.75, 3.05) is 12.4 Å². The molecule has 7 heteroatoms. The second-order valence-corrected chi connectivity index (χ2v) is 5.02. The molecule has 1 aromatic heterocycles. The summed E-state index contributed by atoms with van der Waals surface area (Å²) in [6.07, 6.45) is 1.71. The molecule has 0 amide bonds. The Labute approximate surface area is 117 Å². The molecule has 0 bridgehead atoms. The molecule has 1 aromatic rings. The minimum Gasteiger partial charge on any atom is -0.474 e. The molecule has 0 radical (unpaired) electrons. The second-order valence-electron chi connectivity index (χ2n) is 5.02. The molecule has 0 spiro atoms. The van der Waals surface area contributed by atoms with Gasteiger partial charge in [0.25, 0.3) is 5.69 Å². The first-order valence-corrected chi connectivity index (χ1v) is 6.64. The van der Waals surface area contributed by atoms with Crippen LogP contribution in [-0.2, 0) is 4.74 Å². The number of rotatable bonds is 4. The first kappa shape index (κ1) is 14.5. The highest BCUT2D eigenvalue weighted by Gasteiger charge is 2.26. The molecular weight excluding hydrogens is 262 g/mol. The first-order valence-electron chi connectivity index (χ1n) is 6.64. The monoisotopic (exact) mass is 281 g/mol. The Kier molecular flexibility index (Phi) is 4.39. The summed E-state index contributed by atoms with van der Waals surface area (Å²) >= 11 is 0. The number of anilines is 1. The van der Waals surface area contributed by atoms with E-state index in [-0.39, 0.29) is 29.9 Å². The lowest BCUT2D eigenvalue weighted by Gasteiger charge is -2.31. The Balaban J connectivity index is 2.15. The van der Waals surface area contributed by atoms with Crippen LogP contribution in [0.15, 0.2) is 12.1 Å². The number of pyridine rings is 1. The van der Waals surface area contributed by atoms with Gasteiger partial charge in [0.15, 0.2) is 0 Å². The largest absolute Gasteiger partial charge is 0.474 e. The van der Waals surface area contributed by atoms with E-state index in [0.717, 1.165) is 12.8 Å². The molecular formula is C13H19N3O4. The van der Waals surface area contributed by atoms with Crippen molar-refractivity contribution in [2.45, 2.75) is 45.0 Å². The third-order valence-electron chi connectivity index (χ3n) is 3.20. The molecule has 1 N–H and O–H groups in total. The maximum absolute atomic E-state index is 10.9. The summed E-state index contributed by atoms with van der Waals surface area (Å²) in [5.74, 6) is 0.692. The van der Waals surface area contributed by atoms with Gasteiger partial charge < -0.3 is 14.8 Å². The summed E-state index contributed by atoms with van der Waals surface area (Å²) in [5, 5.41) is 13.7. The Morgan fingerprint density at radius 3 is 2.60 bits per heavy atom. The predicted molar refractivity (Wildman–Crippen MR) is 74.1 cm³/mol. The van der Waals surface area contributed by atoms with Gasteiger partial charge in [0.05, 0.1) is 29.3 Å². The number of ether oxygens (including phenoxy) is 2. The molecule has 20 heavy (non-hydrogen) atoms. The molecule has 0 aromatic carbocycles. The van der Waals surface area contributed by atoms with Gasteiger partial charge in [0.1, 0.15) is 11.9 Å². The minimum atomic E-state index is -0.454. The molecule has 0 saturated carbocycles. The van der Waals surface area contributed by atoms with Gasteiger partial charge in [0.2, 0.25) is 5.88 Å². The topological polar surface area (TPSA) is 86.5 Å². The molecule has 1 saturated heterocycles. The maximum atomic E-state index is 10.9. The quantitative estimate of drug-likeness (QED) is 0.673. The van der Waals surface area contributed by atoms with Gasteiger partial charge >= 0.3 is 0 Å². The number of nitrogens with zero attached hydrogens (tertiary/aromatic N) is 2. The van der Waals surface area contributed by atoms with E-state index < -0.39 is 4.92 Å². The summed E-state index contributed by atoms with van der Waals surface area (Å²) in [4.78, 5) is 14.6. The van der Waals surface area contributed by atoms with Crippen molar-refractivity contribution in [3.8, 4) is 5.88 Å². The fraction of sp³-hybridized carbons (Fsp3) is 0.615. The molecule has 2 unspecified atom stereocenters. The maximum Gasteiger partial charge on any atom is 0.278 e. The molecule has 7 nitrogen and oxygen atoms in total. The van der Waals surface area contributed by atoms with Crippen molar-refractivity contribution in [3.63, 3.8) is 0 Å². The highest BCUT2D eigenvalue weighted by atomic mass is 16.6. The second kappa shape index (κ2) is 6.04. The van der Waals surface area contributed by atoms with Crippen LogP contribution < -0.4 is 10.1 Å². The summed E-state index contributed by atoms with van der Waals surface area (Å²) in [6.45, 7) is 3.98. The summed E-state index contributed by atoms with van der Waals surface area (Å²) < 4.78 is 11.4. The van der Waals surface area contributed by atoms with Gasteiger partial charge in [0, 0.05) is 19.9 Å². The molecule has 1 aliphatic rings. The number of nitrogens with one attached hydrogen (secondary N) is 1. The molecule has 2 heterocycles. The Morgan fingerprint density at radius 1 is 1.40 bits per heavy atom. The van der Waals surface area contributed by atoms with Gasteiger partial charge in [-0.3, -0.25) is 10.1 Å². The molecule has 2 rings (SSSR count). The van der Waals surface area contributed by atoms with E-state index in [1.807, 2.05) is 13.8 Å². The Bertz CT molecular complexity index is 485. The molecule has 1 fully saturated rings. The van der Waals surface area contributed by atoms with Gasteiger partial charge in [-0.1, -0.05) is 0 Å². The van der Waals surface area contributed by atoms with E-state index in [1.165, 1.54) is 12.1 Å². The van der Waals surface area contributed by atoms with Crippen LogP contribution in [0.25, 0.3) is 0 Å². The fourth-order valence-electron chi connectivity index (χ4n) is 2.40. The molecule has 110 valence electrons. The van der Waals surface area contributed by atoms with E-state index in [0.29, 0.717) is 5.82 Å². The SMILES string of the molecule is CNc1cc([N+](=O)[O-])cc(OC2CC(C)OC(C)C2)n1. The Morgan fingerprint density at radius 2 is 2.05 bits per heavy atom. The lowest BCUT2D eigenvalue weighted by Crippen LogP contribution is -2.35. The third kappa shape index (κ3) is 3.57. The normalized spacial score (nSPS) is 26.1. The number of aromatic nitrogens is 1. The van der Waals surface area contributed by atoms with Crippen LogP contribution in [0.4, 0.5) is 11.5 Å². The lowest BCUT2D eigenvalue weighted by atomic mass is 10.0. The van der Waals surface area contributed by atoms with Gasteiger partial charge in [-0.25, -0.2) is 0 Å². The smallest absolute Gasteiger partial charge is 0.278 e. The van der Waals surface area contributed by atoms with Crippen LogP contribution in [0.3, 0.4) is 0 Å². The van der Waals surface area contributed by atoms with E-state index >= 15 is 0 Å². The zero-order valence-corrected chi connectivity index (χ0v) is 11.8. The molecule has 1 aliphatic heterocycles. The summed E-state index contributed by atoms with van der Waals surface area (Å²) in [6, 6.07) is 2.73. The molecule has 2 atom stereocenters. The fourth-order valence-corrected chi connectivity index (χ4v) is 2.40. The highest BCUT2D eigenvalue weighted by Crippen LogP contribution is 2.27. The van der Waals surface area contributed by atoms with Crippen molar-refractivity contribution in [3.05, 3.63) is 22.2 Å². The average molecular weight is 281 g/mol. The van der Waals surface area contributed by atoms with E-state index in [9.17, 15) is 10.1 Å². The number of hydrogen-bond acceptors (Lipinski definition) is 6. The van der Waals surface area contributed by atoms with Crippen LogP contribution in [0.2, 0.25) is 0 Å². The van der Waals surface area contributed by atoms with Crippen LogP contribution >= 0.6 is 0 Å². The highest BCUT2D eigenvalue weighted by molar-refractivity contribution is 5.47. The lowest BCUT2D eigenvalue weighted by molar-refractivity contribution is -0.384. The minimum absolute atomic E-state index is 0.0343. The standard InChI is InChI=1S/C13H19N3O4/c1-8-4-11(5-9(2)19-8)20-13-7-10(16(17)18)6-12(14-3)15-13/h6-9,11H,4-5H2,1-3H3,(H,14,15). The Hall–Kier alpha value is -1.89. The number of nitro groups is 1. The van der Waals surface area contributed by atoms with Crippen LogP contribution in [0.1, 0.15) is 26.7 Å². The summed E-state index contributed by atoms with van der Waals surface area (Å²) in [7, 11) is 1.66. The zero-order valence-electron chi connectivity index (χ0n) is 11.8.